The first-order valence-electron chi connectivity index (χ1n) is 8.31. The fourth-order valence-electron chi connectivity index (χ4n) is 4.23. The Morgan fingerprint density at radius 1 is 1.00 bits per heavy atom. The molecule has 3 atom stereocenters. The maximum Gasteiger partial charge on any atom is 0.243 e. The van der Waals surface area contributed by atoms with Crippen molar-refractivity contribution in [1.29, 1.82) is 0 Å². The molecule has 1 heterocycles. The highest BCUT2D eigenvalue weighted by Crippen LogP contribution is 2.38. The SMILES string of the molecule is NC1CCCC2CN(S(=O)(=O)c3cccc4ccccc34)CC12. The molecule has 0 spiro atoms. The number of nitrogens with two attached hydrogens (primary N) is 1. The van der Waals surface area contributed by atoms with E-state index in [0.717, 1.165) is 30.0 Å². The number of rotatable bonds is 2. The fraction of sp³-hybridized carbons (Fsp3) is 0.444. The number of benzene rings is 2. The Labute approximate surface area is 137 Å². The first-order valence-corrected chi connectivity index (χ1v) is 9.75. The minimum absolute atomic E-state index is 0.140. The quantitative estimate of drug-likeness (QED) is 0.920. The molecule has 23 heavy (non-hydrogen) atoms. The highest BCUT2D eigenvalue weighted by atomic mass is 32.2. The first kappa shape index (κ1) is 15.1. The summed E-state index contributed by atoms with van der Waals surface area (Å²) < 4.78 is 28.0. The van der Waals surface area contributed by atoms with E-state index in [1.807, 2.05) is 36.4 Å². The molecule has 1 aliphatic heterocycles. The molecule has 2 aromatic rings. The zero-order valence-electron chi connectivity index (χ0n) is 13.1. The van der Waals surface area contributed by atoms with Gasteiger partial charge in [-0.15, -0.1) is 0 Å². The van der Waals surface area contributed by atoms with Crippen molar-refractivity contribution in [2.24, 2.45) is 17.6 Å². The maximum absolute atomic E-state index is 13.2. The molecule has 2 aromatic carbocycles. The molecular formula is C18H22N2O2S. The molecule has 4 rings (SSSR count). The maximum atomic E-state index is 13.2. The van der Waals surface area contributed by atoms with E-state index in [4.69, 9.17) is 5.73 Å². The van der Waals surface area contributed by atoms with Crippen molar-refractivity contribution in [2.75, 3.05) is 13.1 Å². The summed E-state index contributed by atoms with van der Waals surface area (Å²) in [5.74, 6) is 0.733. The topological polar surface area (TPSA) is 63.4 Å². The third-order valence-corrected chi connectivity index (χ3v) is 7.38. The van der Waals surface area contributed by atoms with Crippen LogP contribution in [0.4, 0.5) is 0 Å². The summed E-state index contributed by atoms with van der Waals surface area (Å²) in [5.41, 5.74) is 6.23. The van der Waals surface area contributed by atoms with Crippen molar-refractivity contribution in [3.8, 4) is 0 Å². The standard InChI is InChI=1S/C18H22N2O2S/c19-17-9-3-7-14-11-20(12-16(14)17)23(21,22)18-10-4-6-13-5-1-2-8-15(13)18/h1-2,4-6,8,10,14,16-17H,3,7,9,11-12,19H2. The molecule has 4 nitrogen and oxygen atoms in total. The monoisotopic (exact) mass is 330 g/mol. The van der Waals surface area contributed by atoms with E-state index < -0.39 is 10.0 Å². The van der Waals surface area contributed by atoms with Crippen molar-refractivity contribution in [1.82, 2.24) is 4.31 Å². The Hall–Kier alpha value is -1.43. The van der Waals surface area contributed by atoms with Crippen molar-refractivity contribution < 1.29 is 8.42 Å². The van der Waals surface area contributed by atoms with Gasteiger partial charge in [0.2, 0.25) is 10.0 Å². The van der Waals surface area contributed by atoms with Crippen molar-refractivity contribution >= 4 is 20.8 Å². The van der Waals surface area contributed by atoms with Gasteiger partial charge >= 0.3 is 0 Å². The van der Waals surface area contributed by atoms with Gasteiger partial charge in [0.05, 0.1) is 4.90 Å². The van der Waals surface area contributed by atoms with Crippen molar-refractivity contribution in [3.63, 3.8) is 0 Å². The minimum atomic E-state index is -3.47. The van der Waals surface area contributed by atoms with Crippen LogP contribution in [0.3, 0.4) is 0 Å². The van der Waals surface area contributed by atoms with Gasteiger partial charge in [-0.05, 0) is 36.1 Å². The molecule has 122 valence electrons. The van der Waals surface area contributed by atoms with Gasteiger partial charge in [-0.2, -0.15) is 4.31 Å². The summed E-state index contributed by atoms with van der Waals surface area (Å²) in [5, 5.41) is 1.76. The molecular weight excluding hydrogens is 308 g/mol. The van der Waals surface area contributed by atoms with Crippen LogP contribution in [0, 0.1) is 11.8 Å². The Bertz CT molecular complexity index is 829. The van der Waals surface area contributed by atoms with Gasteiger partial charge in [-0.1, -0.05) is 42.8 Å². The van der Waals surface area contributed by atoms with Crippen LogP contribution in [0.25, 0.3) is 10.8 Å². The molecule has 2 fully saturated rings. The zero-order valence-corrected chi connectivity index (χ0v) is 13.9. The molecule has 1 saturated heterocycles. The molecule has 3 unspecified atom stereocenters. The summed E-state index contributed by atoms with van der Waals surface area (Å²) in [6.45, 7) is 1.18. The lowest BCUT2D eigenvalue weighted by Gasteiger charge is -2.29. The lowest BCUT2D eigenvalue weighted by atomic mass is 9.78. The van der Waals surface area contributed by atoms with E-state index in [1.165, 1.54) is 0 Å². The Balaban J connectivity index is 1.73. The van der Waals surface area contributed by atoms with Crippen LogP contribution in [0.5, 0.6) is 0 Å². The smallest absolute Gasteiger partial charge is 0.243 e. The largest absolute Gasteiger partial charge is 0.327 e. The average molecular weight is 330 g/mol. The van der Waals surface area contributed by atoms with Gasteiger partial charge in [-0.25, -0.2) is 8.42 Å². The number of hydrogen-bond donors (Lipinski definition) is 1. The van der Waals surface area contributed by atoms with Gasteiger partial charge in [0.1, 0.15) is 0 Å². The third kappa shape index (κ3) is 2.47. The summed E-state index contributed by atoms with van der Waals surface area (Å²) in [7, 11) is -3.47. The molecule has 1 aliphatic carbocycles. The number of hydrogen-bond acceptors (Lipinski definition) is 3. The second-order valence-corrected chi connectivity index (χ2v) is 8.72. The van der Waals surface area contributed by atoms with Gasteiger partial charge < -0.3 is 5.73 Å². The highest BCUT2D eigenvalue weighted by molar-refractivity contribution is 7.89. The van der Waals surface area contributed by atoms with Crippen LogP contribution in [0.15, 0.2) is 47.4 Å². The number of fused-ring (bicyclic) bond motifs is 2. The van der Waals surface area contributed by atoms with Crippen molar-refractivity contribution in [3.05, 3.63) is 42.5 Å². The van der Waals surface area contributed by atoms with Gasteiger partial charge in [-0.3, -0.25) is 0 Å². The van der Waals surface area contributed by atoms with Gasteiger partial charge in [0.25, 0.3) is 0 Å². The molecule has 2 N–H and O–H groups in total. The van der Waals surface area contributed by atoms with Crippen LogP contribution in [-0.2, 0) is 10.0 Å². The van der Waals surface area contributed by atoms with Crippen LogP contribution in [-0.4, -0.2) is 31.9 Å². The Morgan fingerprint density at radius 2 is 1.78 bits per heavy atom. The number of sulfonamides is 1. The van der Waals surface area contributed by atoms with Crippen LogP contribution in [0.2, 0.25) is 0 Å². The molecule has 0 radical (unpaired) electrons. The molecule has 5 heteroatoms. The molecule has 1 saturated carbocycles. The summed E-state index contributed by atoms with van der Waals surface area (Å²) in [6.07, 6.45) is 3.23. The predicted octanol–water partition coefficient (Wildman–Crippen LogP) is 2.59. The fourth-order valence-corrected chi connectivity index (χ4v) is 5.98. The minimum Gasteiger partial charge on any atom is -0.327 e. The van der Waals surface area contributed by atoms with E-state index in [9.17, 15) is 8.42 Å². The summed E-state index contributed by atoms with van der Waals surface area (Å²) >= 11 is 0. The summed E-state index contributed by atoms with van der Waals surface area (Å²) in [6, 6.07) is 13.3. The lowest BCUT2D eigenvalue weighted by Crippen LogP contribution is -2.38. The predicted molar refractivity (Wildman–Crippen MR) is 91.5 cm³/mol. The van der Waals surface area contributed by atoms with E-state index in [2.05, 4.69) is 0 Å². The third-order valence-electron chi connectivity index (χ3n) is 5.49. The van der Waals surface area contributed by atoms with Gasteiger partial charge in [0.15, 0.2) is 0 Å². The van der Waals surface area contributed by atoms with E-state index >= 15 is 0 Å². The van der Waals surface area contributed by atoms with E-state index in [-0.39, 0.29) is 6.04 Å². The van der Waals surface area contributed by atoms with Crippen molar-refractivity contribution in [2.45, 2.75) is 30.2 Å². The summed E-state index contributed by atoms with van der Waals surface area (Å²) in [4.78, 5) is 0.419. The number of nitrogens with zero attached hydrogens (tertiary/aromatic N) is 1. The second kappa shape index (κ2) is 5.58. The van der Waals surface area contributed by atoms with Crippen LogP contribution >= 0.6 is 0 Å². The highest BCUT2D eigenvalue weighted by Gasteiger charge is 2.43. The van der Waals surface area contributed by atoms with Crippen LogP contribution in [0.1, 0.15) is 19.3 Å². The second-order valence-electron chi connectivity index (χ2n) is 6.82. The Morgan fingerprint density at radius 3 is 2.61 bits per heavy atom. The molecule has 2 aliphatic rings. The molecule has 0 amide bonds. The van der Waals surface area contributed by atoms with Gasteiger partial charge in [0, 0.05) is 24.5 Å². The zero-order chi connectivity index (χ0) is 16.0. The molecule has 0 aromatic heterocycles. The molecule has 0 bridgehead atoms. The average Bonchev–Trinajstić information content (AvgIpc) is 3.01. The van der Waals surface area contributed by atoms with Crippen LogP contribution < -0.4 is 5.73 Å². The van der Waals surface area contributed by atoms with E-state index in [1.54, 1.807) is 10.4 Å². The lowest BCUT2D eigenvalue weighted by molar-refractivity contribution is 0.260. The van der Waals surface area contributed by atoms with E-state index in [0.29, 0.717) is 29.8 Å². The normalized spacial score (nSPS) is 28.8. The Kier molecular flexibility index (Phi) is 3.67. The first-order chi connectivity index (χ1) is 11.1.